The van der Waals surface area contributed by atoms with E-state index in [1.807, 2.05) is 66.3 Å². The lowest BCUT2D eigenvalue weighted by Gasteiger charge is -2.05. The number of hydrogen-bond acceptors (Lipinski definition) is 2. The summed E-state index contributed by atoms with van der Waals surface area (Å²) in [6, 6.07) is 19.8. The van der Waals surface area contributed by atoms with E-state index in [1.54, 1.807) is 0 Å². The minimum atomic E-state index is -0.0516. The van der Waals surface area contributed by atoms with Gasteiger partial charge in [-0.05, 0) is 23.6 Å². The highest BCUT2D eigenvalue weighted by Gasteiger charge is 2.08. The van der Waals surface area contributed by atoms with Gasteiger partial charge in [0.1, 0.15) is 0 Å². The van der Waals surface area contributed by atoms with Crippen molar-refractivity contribution in [3.8, 4) is 0 Å². The molecule has 3 rings (SSSR count). The predicted molar refractivity (Wildman–Crippen MR) is 91.3 cm³/mol. The van der Waals surface area contributed by atoms with Crippen molar-refractivity contribution in [2.24, 2.45) is 0 Å². The van der Waals surface area contributed by atoms with E-state index >= 15 is 0 Å². The van der Waals surface area contributed by atoms with Crippen LogP contribution in [-0.2, 0) is 17.8 Å². The zero-order valence-corrected chi connectivity index (χ0v) is 13.1. The summed E-state index contributed by atoms with van der Waals surface area (Å²) in [4.78, 5) is 12.1. The molecule has 0 aliphatic rings. The summed E-state index contributed by atoms with van der Waals surface area (Å²) in [5, 5.41) is 7.25. The number of nitrogens with one attached hydrogen (secondary N) is 1. The fourth-order valence-electron chi connectivity index (χ4n) is 2.46. The van der Waals surface area contributed by atoms with E-state index in [4.69, 9.17) is 0 Å². The second kappa shape index (κ2) is 6.92. The highest BCUT2D eigenvalue weighted by Crippen LogP contribution is 2.10. The van der Waals surface area contributed by atoms with Crippen LogP contribution in [0.3, 0.4) is 0 Å². The third kappa shape index (κ3) is 4.07. The van der Waals surface area contributed by atoms with Crippen molar-refractivity contribution < 1.29 is 4.79 Å². The SMILES string of the molecule is Cc1ccccc1CC(=O)Nc1ccn(Cc2ccccc2)n1. The molecule has 0 saturated heterocycles. The normalized spacial score (nSPS) is 10.5. The van der Waals surface area contributed by atoms with E-state index in [9.17, 15) is 4.79 Å². The van der Waals surface area contributed by atoms with Gasteiger partial charge in [0.05, 0.1) is 13.0 Å². The average Bonchev–Trinajstić information content (AvgIpc) is 2.97. The Morgan fingerprint density at radius 3 is 2.57 bits per heavy atom. The molecular formula is C19H19N3O. The van der Waals surface area contributed by atoms with E-state index in [0.717, 1.165) is 11.1 Å². The van der Waals surface area contributed by atoms with E-state index in [2.05, 4.69) is 22.5 Å². The van der Waals surface area contributed by atoms with Crippen LogP contribution in [0.25, 0.3) is 0 Å². The van der Waals surface area contributed by atoms with Crippen LogP contribution in [-0.4, -0.2) is 15.7 Å². The predicted octanol–water partition coefficient (Wildman–Crippen LogP) is 3.42. The molecule has 0 radical (unpaired) electrons. The minimum absolute atomic E-state index is 0.0516. The van der Waals surface area contributed by atoms with E-state index in [1.165, 1.54) is 5.56 Å². The van der Waals surface area contributed by atoms with Gasteiger partial charge in [-0.1, -0.05) is 54.6 Å². The number of anilines is 1. The van der Waals surface area contributed by atoms with Gasteiger partial charge in [-0.15, -0.1) is 0 Å². The molecule has 0 fully saturated rings. The molecule has 0 bridgehead atoms. The Kier molecular flexibility index (Phi) is 4.52. The minimum Gasteiger partial charge on any atom is -0.309 e. The summed E-state index contributed by atoms with van der Waals surface area (Å²) in [6.45, 7) is 2.70. The van der Waals surface area contributed by atoms with Gasteiger partial charge in [0.25, 0.3) is 0 Å². The summed E-state index contributed by atoms with van der Waals surface area (Å²) in [5.41, 5.74) is 3.33. The van der Waals surface area contributed by atoms with Crippen LogP contribution < -0.4 is 5.32 Å². The molecule has 4 nitrogen and oxygen atoms in total. The molecule has 23 heavy (non-hydrogen) atoms. The average molecular weight is 305 g/mol. The van der Waals surface area contributed by atoms with Gasteiger partial charge in [-0.3, -0.25) is 9.48 Å². The van der Waals surface area contributed by atoms with Crippen LogP contribution in [0, 0.1) is 6.92 Å². The molecule has 2 aromatic carbocycles. The first-order chi connectivity index (χ1) is 11.2. The molecular weight excluding hydrogens is 286 g/mol. The van der Waals surface area contributed by atoms with Crippen molar-refractivity contribution >= 4 is 11.7 Å². The van der Waals surface area contributed by atoms with Crippen molar-refractivity contribution in [2.45, 2.75) is 19.9 Å². The van der Waals surface area contributed by atoms with E-state index in [-0.39, 0.29) is 5.91 Å². The Morgan fingerprint density at radius 2 is 1.78 bits per heavy atom. The number of amides is 1. The van der Waals surface area contributed by atoms with Crippen molar-refractivity contribution in [3.63, 3.8) is 0 Å². The summed E-state index contributed by atoms with van der Waals surface area (Å²) >= 11 is 0. The zero-order chi connectivity index (χ0) is 16.1. The molecule has 0 atom stereocenters. The van der Waals surface area contributed by atoms with Gasteiger partial charge in [-0.25, -0.2) is 0 Å². The Labute approximate surface area is 135 Å². The van der Waals surface area contributed by atoms with E-state index < -0.39 is 0 Å². The highest BCUT2D eigenvalue weighted by atomic mass is 16.1. The van der Waals surface area contributed by atoms with Crippen molar-refractivity contribution in [2.75, 3.05) is 5.32 Å². The molecule has 4 heteroatoms. The molecule has 0 aliphatic carbocycles. The fourth-order valence-corrected chi connectivity index (χ4v) is 2.46. The van der Waals surface area contributed by atoms with Gasteiger partial charge in [0.2, 0.25) is 5.91 Å². The Balaban J connectivity index is 1.60. The van der Waals surface area contributed by atoms with Crippen LogP contribution in [0.5, 0.6) is 0 Å². The lowest BCUT2D eigenvalue weighted by molar-refractivity contribution is -0.115. The fraction of sp³-hybridized carbons (Fsp3) is 0.158. The lowest BCUT2D eigenvalue weighted by atomic mass is 10.1. The van der Waals surface area contributed by atoms with Crippen LogP contribution in [0.1, 0.15) is 16.7 Å². The maximum absolute atomic E-state index is 12.1. The largest absolute Gasteiger partial charge is 0.309 e. The lowest BCUT2D eigenvalue weighted by Crippen LogP contribution is -2.15. The Bertz CT molecular complexity index is 793. The second-order valence-electron chi connectivity index (χ2n) is 5.54. The first kappa shape index (κ1) is 15.0. The molecule has 3 aromatic rings. The summed E-state index contributed by atoms with van der Waals surface area (Å²) < 4.78 is 1.82. The Morgan fingerprint density at radius 1 is 1.04 bits per heavy atom. The summed E-state index contributed by atoms with van der Waals surface area (Å²) in [5.74, 6) is 0.531. The topological polar surface area (TPSA) is 46.9 Å². The maximum atomic E-state index is 12.1. The van der Waals surface area contributed by atoms with Gasteiger partial charge in [0.15, 0.2) is 5.82 Å². The first-order valence-electron chi connectivity index (χ1n) is 7.62. The van der Waals surface area contributed by atoms with Crippen molar-refractivity contribution in [3.05, 3.63) is 83.6 Å². The number of aryl methyl sites for hydroxylation is 1. The molecule has 1 amide bonds. The molecule has 0 spiro atoms. The zero-order valence-electron chi connectivity index (χ0n) is 13.1. The highest BCUT2D eigenvalue weighted by molar-refractivity contribution is 5.91. The number of carbonyl (C=O) groups is 1. The van der Waals surface area contributed by atoms with Crippen LogP contribution in [0.2, 0.25) is 0 Å². The van der Waals surface area contributed by atoms with Crippen molar-refractivity contribution in [1.82, 2.24) is 9.78 Å². The second-order valence-corrected chi connectivity index (χ2v) is 5.54. The third-order valence-electron chi connectivity index (χ3n) is 3.71. The molecule has 1 heterocycles. The number of carbonyl (C=O) groups excluding carboxylic acids is 1. The standard InChI is InChI=1S/C19H19N3O/c1-15-7-5-6-10-17(15)13-19(23)20-18-11-12-22(21-18)14-16-8-3-2-4-9-16/h2-12H,13-14H2,1H3,(H,20,21,23). The number of hydrogen-bond donors (Lipinski definition) is 1. The molecule has 0 unspecified atom stereocenters. The van der Waals surface area contributed by atoms with Crippen LogP contribution in [0.4, 0.5) is 5.82 Å². The van der Waals surface area contributed by atoms with E-state index in [0.29, 0.717) is 18.8 Å². The van der Waals surface area contributed by atoms with Crippen LogP contribution >= 0.6 is 0 Å². The van der Waals surface area contributed by atoms with Crippen LogP contribution in [0.15, 0.2) is 66.9 Å². The molecule has 1 aromatic heterocycles. The molecule has 1 N–H and O–H groups in total. The molecule has 0 saturated carbocycles. The van der Waals surface area contributed by atoms with Gasteiger partial charge in [0, 0.05) is 12.3 Å². The number of benzene rings is 2. The van der Waals surface area contributed by atoms with Gasteiger partial charge in [-0.2, -0.15) is 5.10 Å². The summed E-state index contributed by atoms with van der Waals surface area (Å²) in [7, 11) is 0. The van der Waals surface area contributed by atoms with Crippen molar-refractivity contribution in [1.29, 1.82) is 0 Å². The molecule has 0 aliphatic heterocycles. The number of nitrogens with zero attached hydrogens (tertiary/aromatic N) is 2. The first-order valence-corrected chi connectivity index (χ1v) is 7.62. The quantitative estimate of drug-likeness (QED) is 0.785. The smallest absolute Gasteiger partial charge is 0.230 e. The Hall–Kier alpha value is -2.88. The summed E-state index contributed by atoms with van der Waals surface area (Å²) in [6.07, 6.45) is 2.23. The van der Waals surface area contributed by atoms with Gasteiger partial charge >= 0.3 is 0 Å². The molecule has 116 valence electrons. The maximum Gasteiger partial charge on any atom is 0.230 e. The van der Waals surface area contributed by atoms with Gasteiger partial charge < -0.3 is 5.32 Å². The number of rotatable bonds is 5. The third-order valence-corrected chi connectivity index (χ3v) is 3.71. The number of aromatic nitrogens is 2. The monoisotopic (exact) mass is 305 g/mol.